The Bertz CT molecular complexity index is 1280. The predicted octanol–water partition coefficient (Wildman–Crippen LogP) is 4.01. The molecule has 0 spiro atoms. The molecule has 12 heteroatoms. The molecule has 2 aromatic carbocycles. The van der Waals surface area contributed by atoms with Crippen LogP contribution in [0.15, 0.2) is 42.5 Å². The summed E-state index contributed by atoms with van der Waals surface area (Å²) in [7, 11) is 1.44. The van der Waals surface area contributed by atoms with Crippen LogP contribution in [0, 0.1) is 0 Å². The Balaban J connectivity index is 1.55. The first-order chi connectivity index (χ1) is 18.8. The molecule has 3 unspecified atom stereocenters. The van der Waals surface area contributed by atoms with E-state index >= 15 is 0 Å². The number of methoxy groups -OCH3 is 1. The molecule has 10 nitrogen and oxygen atoms in total. The number of alkyl halides is 2. The van der Waals surface area contributed by atoms with E-state index in [2.05, 4.69) is 20.7 Å². The molecule has 208 valence electrons. The Kier molecular flexibility index (Phi) is 9.05. The largest absolute Gasteiger partial charge is 0.493 e. The third kappa shape index (κ3) is 7.06. The lowest BCUT2D eigenvalue weighted by atomic mass is 9.78. The average molecular weight is 544 g/mol. The quantitative estimate of drug-likeness (QED) is 0.381. The summed E-state index contributed by atoms with van der Waals surface area (Å²) in [6, 6.07) is 11.6. The standard InChI is InChI=1S/C27H31F2N5O5/c1-4-34-32-26(31-33-34)17-5-7-18(8-6-17)27(36)30-22-14-20(39-16(2)35)10-11-21(22)19-9-12-23(37-3)24(13-19)38-15-25(28)29/h5-9,12-13,20-22,25H,4,10-11,14-15H2,1-3H3,(H,30,36). The maximum absolute atomic E-state index is 13.3. The van der Waals surface area contributed by atoms with Gasteiger partial charge in [-0.25, -0.2) is 8.78 Å². The Labute approximate surface area is 224 Å². The van der Waals surface area contributed by atoms with E-state index < -0.39 is 19.1 Å². The van der Waals surface area contributed by atoms with Crippen LogP contribution in [0.1, 0.15) is 54.9 Å². The molecule has 0 radical (unpaired) electrons. The van der Waals surface area contributed by atoms with Crippen LogP contribution in [0.25, 0.3) is 11.4 Å². The second-order valence-electron chi connectivity index (χ2n) is 9.22. The van der Waals surface area contributed by atoms with Gasteiger partial charge in [0.15, 0.2) is 11.5 Å². The van der Waals surface area contributed by atoms with Gasteiger partial charge in [0.25, 0.3) is 12.3 Å². The summed E-state index contributed by atoms with van der Waals surface area (Å²) < 4.78 is 41.6. The minimum atomic E-state index is -2.63. The minimum absolute atomic E-state index is 0.173. The van der Waals surface area contributed by atoms with Crippen molar-refractivity contribution in [2.24, 2.45) is 0 Å². The molecule has 0 aliphatic heterocycles. The van der Waals surface area contributed by atoms with Gasteiger partial charge in [-0.2, -0.15) is 4.80 Å². The molecule has 39 heavy (non-hydrogen) atoms. The van der Waals surface area contributed by atoms with E-state index in [4.69, 9.17) is 14.2 Å². The van der Waals surface area contributed by atoms with Gasteiger partial charge in [0.2, 0.25) is 5.82 Å². The number of amides is 1. The normalized spacial score (nSPS) is 19.0. The summed E-state index contributed by atoms with van der Waals surface area (Å²) in [5.74, 6) is 0.138. The van der Waals surface area contributed by atoms with Gasteiger partial charge in [0, 0.05) is 36.4 Å². The van der Waals surface area contributed by atoms with Crippen LogP contribution in [0.3, 0.4) is 0 Å². The Morgan fingerprint density at radius 1 is 1.13 bits per heavy atom. The van der Waals surface area contributed by atoms with Crippen molar-refractivity contribution >= 4 is 11.9 Å². The number of nitrogens with one attached hydrogen (secondary N) is 1. The number of rotatable bonds is 10. The molecule has 1 saturated carbocycles. The van der Waals surface area contributed by atoms with E-state index in [1.165, 1.54) is 18.8 Å². The highest BCUT2D eigenvalue weighted by Gasteiger charge is 2.34. The summed E-state index contributed by atoms with van der Waals surface area (Å²) in [4.78, 5) is 26.3. The van der Waals surface area contributed by atoms with Crippen molar-refractivity contribution in [3.63, 3.8) is 0 Å². The van der Waals surface area contributed by atoms with Crippen molar-refractivity contribution < 1.29 is 32.6 Å². The molecule has 1 fully saturated rings. The number of aromatic nitrogens is 4. The summed E-state index contributed by atoms with van der Waals surface area (Å²) in [5, 5.41) is 15.3. The molecule has 0 bridgehead atoms. The number of carbonyl (C=O) groups is 2. The highest BCUT2D eigenvalue weighted by molar-refractivity contribution is 5.94. The van der Waals surface area contributed by atoms with Gasteiger partial charge in [-0.15, -0.1) is 10.2 Å². The molecular formula is C27H31F2N5O5. The van der Waals surface area contributed by atoms with Gasteiger partial charge in [-0.05, 0) is 54.8 Å². The molecule has 1 aliphatic rings. The van der Waals surface area contributed by atoms with Gasteiger partial charge in [-0.1, -0.05) is 18.2 Å². The molecule has 1 aliphatic carbocycles. The summed E-state index contributed by atoms with van der Waals surface area (Å²) >= 11 is 0. The zero-order chi connectivity index (χ0) is 27.9. The lowest BCUT2D eigenvalue weighted by Crippen LogP contribution is -2.45. The van der Waals surface area contributed by atoms with Crippen molar-refractivity contribution in [3.05, 3.63) is 53.6 Å². The first-order valence-corrected chi connectivity index (χ1v) is 12.7. The van der Waals surface area contributed by atoms with Gasteiger partial charge in [0.05, 0.1) is 13.7 Å². The van der Waals surface area contributed by atoms with Crippen LogP contribution >= 0.6 is 0 Å². The number of benzene rings is 2. The fourth-order valence-corrected chi connectivity index (χ4v) is 4.74. The molecule has 1 N–H and O–H groups in total. The lowest BCUT2D eigenvalue weighted by Gasteiger charge is -2.36. The van der Waals surface area contributed by atoms with Crippen LogP contribution < -0.4 is 14.8 Å². The number of halogens is 2. The van der Waals surface area contributed by atoms with Crippen LogP contribution in [0.4, 0.5) is 8.78 Å². The molecule has 3 atom stereocenters. The van der Waals surface area contributed by atoms with Gasteiger partial charge >= 0.3 is 5.97 Å². The first kappa shape index (κ1) is 27.9. The van der Waals surface area contributed by atoms with E-state index in [0.29, 0.717) is 42.9 Å². The maximum atomic E-state index is 13.3. The maximum Gasteiger partial charge on any atom is 0.302 e. The Morgan fingerprint density at radius 3 is 2.54 bits per heavy atom. The van der Waals surface area contributed by atoms with Crippen LogP contribution in [0.5, 0.6) is 11.5 Å². The SMILES string of the molecule is CCn1nnc(-c2ccc(C(=O)NC3CC(OC(C)=O)CCC3c3ccc(OC)c(OCC(F)F)c3)cc2)n1. The average Bonchev–Trinajstić information content (AvgIpc) is 3.41. The second-order valence-corrected chi connectivity index (χ2v) is 9.22. The molecule has 1 heterocycles. The molecule has 3 aromatic rings. The van der Waals surface area contributed by atoms with Crippen molar-refractivity contribution in [3.8, 4) is 22.9 Å². The zero-order valence-electron chi connectivity index (χ0n) is 22.0. The summed E-state index contributed by atoms with van der Waals surface area (Å²) in [5.41, 5.74) is 1.96. The van der Waals surface area contributed by atoms with Gasteiger partial charge < -0.3 is 19.5 Å². The topological polar surface area (TPSA) is 117 Å². The molecular weight excluding hydrogens is 512 g/mol. The number of hydrogen-bond acceptors (Lipinski definition) is 8. The number of aryl methyl sites for hydroxylation is 1. The van der Waals surface area contributed by atoms with Crippen LogP contribution in [-0.2, 0) is 16.1 Å². The van der Waals surface area contributed by atoms with Crippen LogP contribution in [-0.4, -0.2) is 64.4 Å². The van der Waals surface area contributed by atoms with Gasteiger partial charge in [0.1, 0.15) is 12.7 Å². The zero-order valence-corrected chi connectivity index (χ0v) is 22.0. The Hall–Kier alpha value is -4.09. The second kappa shape index (κ2) is 12.6. The summed E-state index contributed by atoms with van der Waals surface area (Å²) in [6.45, 7) is 3.09. The third-order valence-corrected chi connectivity index (χ3v) is 6.57. The fourth-order valence-electron chi connectivity index (χ4n) is 4.74. The molecule has 0 saturated heterocycles. The van der Waals surface area contributed by atoms with E-state index in [0.717, 1.165) is 11.1 Å². The number of tetrazole rings is 1. The van der Waals surface area contributed by atoms with Crippen molar-refractivity contribution in [2.45, 2.75) is 64.1 Å². The highest BCUT2D eigenvalue weighted by atomic mass is 19.3. The van der Waals surface area contributed by atoms with E-state index in [1.807, 2.05) is 13.0 Å². The van der Waals surface area contributed by atoms with Gasteiger partial charge in [-0.3, -0.25) is 9.59 Å². The van der Waals surface area contributed by atoms with Crippen molar-refractivity contribution in [1.29, 1.82) is 0 Å². The number of carbonyl (C=O) groups excluding carboxylic acids is 2. The predicted molar refractivity (Wildman–Crippen MR) is 137 cm³/mol. The number of esters is 1. The number of ether oxygens (including phenoxy) is 3. The first-order valence-electron chi connectivity index (χ1n) is 12.7. The van der Waals surface area contributed by atoms with Crippen molar-refractivity contribution in [2.75, 3.05) is 13.7 Å². The van der Waals surface area contributed by atoms with E-state index in [9.17, 15) is 18.4 Å². The monoisotopic (exact) mass is 543 g/mol. The smallest absolute Gasteiger partial charge is 0.302 e. The van der Waals surface area contributed by atoms with Crippen molar-refractivity contribution in [1.82, 2.24) is 25.5 Å². The molecule has 1 aromatic heterocycles. The van der Waals surface area contributed by atoms with E-state index in [-0.39, 0.29) is 29.6 Å². The number of nitrogens with zero attached hydrogens (tertiary/aromatic N) is 4. The third-order valence-electron chi connectivity index (χ3n) is 6.57. The summed E-state index contributed by atoms with van der Waals surface area (Å²) in [6.07, 6.45) is -1.40. The van der Waals surface area contributed by atoms with Crippen LogP contribution in [0.2, 0.25) is 0 Å². The lowest BCUT2D eigenvalue weighted by molar-refractivity contribution is -0.148. The fraction of sp³-hybridized carbons (Fsp3) is 0.444. The minimum Gasteiger partial charge on any atom is -0.493 e. The molecule has 1 amide bonds. The molecule has 4 rings (SSSR count). The number of hydrogen-bond donors (Lipinski definition) is 1. The highest BCUT2D eigenvalue weighted by Crippen LogP contribution is 2.39. The van der Waals surface area contributed by atoms with E-state index in [1.54, 1.807) is 36.4 Å². The Morgan fingerprint density at radius 2 is 1.90 bits per heavy atom.